The standard InChI is InChI=1S/C14H17ClN2O2/c1-10(2)5-6-17-14(18)9-19-13-7-12(15)4-3-11(13)8-16/h3-4,7,10H,5-6,9H2,1-2H3,(H,17,18). The summed E-state index contributed by atoms with van der Waals surface area (Å²) >= 11 is 5.82. The first-order valence-corrected chi connectivity index (χ1v) is 6.50. The Morgan fingerprint density at radius 3 is 2.89 bits per heavy atom. The number of benzene rings is 1. The molecule has 0 aromatic heterocycles. The quantitative estimate of drug-likeness (QED) is 0.871. The van der Waals surface area contributed by atoms with E-state index in [0.717, 1.165) is 6.42 Å². The molecule has 4 nitrogen and oxygen atoms in total. The van der Waals surface area contributed by atoms with E-state index in [-0.39, 0.29) is 12.5 Å². The lowest BCUT2D eigenvalue weighted by Gasteiger charge is -2.09. The molecule has 1 aromatic carbocycles. The lowest BCUT2D eigenvalue weighted by Crippen LogP contribution is -2.30. The molecule has 0 aliphatic rings. The van der Waals surface area contributed by atoms with Crippen molar-refractivity contribution >= 4 is 17.5 Å². The second-order valence-corrected chi connectivity index (χ2v) is 5.01. The first-order chi connectivity index (χ1) is 9.02. The van der Waals surface area contributed by atoms with Crippen LogP contribution in [0.15, 0.2) is 18.2 Å². The lowest BCUT2D eigenvalue weighted by molar-refractivity contribution is -0.123. The Bertz CT molecular complexity index is 481. The Morgan fingerprint density at radius 2 is 2.26 bits per heavy atom. The lowest BCUT2D eigenvalue weighted by atomic mass is 10.1. The summed E-state index contributed by atoms with van der Waals surface area (Å²) in [7, 11) is 0. The molecule has 0 spiro atoms. The van der Waals surface area contributed by atoms with Gasteiger partial charge in [0.05, 0.1) is 5.56 Å². The first kappa shape index (κ1) is 15.3. The van der Waals surface area contributed by atoms with E-state index in [1.54, 1.807) is 12.1 Å². The Balaban J connectivity index is 2.46. The van der Waals surface area contributed by atoms with Crippen LogP contribution in [0.25, 0.3) is 0 Å². The van der Waals surface area contributed by atoms with E-state index < -0.39 is 0 Å². The number of hydrogen-bond acceptors (Lipinski definition) is 3. The van der Waals surface area contributed by atoms with Crippen LogP contribution < -0.4 is 10.1 Å². The third-order valence-corrected chi connectivity index (χ3v) is 2.70. The van der Waals surface area contributed by atoms with Crippen molar-refractivity contribution in [2.45, 2.75) is 20.3 Å². The van der Waals surface area contributed by atoms with E-state index in [1.165, 1.54) is 6.07 Å². The Morgan fingerprint density at radius 1 is 1.53 bits per heavy atom. The van der Waals surface area contributed by atoms with E-state index in [2.05, 4.69) is 19.2 Å². The molecule has 0 atom stereocenters. The van der Waals surface area contributed by atoms with Crippen molar-refractivity contribution in [1.29, 1.82) is 5.26 Å². The van der Waals surface area contributed by atoms with E-state index in [9.17, 15) is 4.79 Å². The van der Waals surface area contributed by atoms with Gasteiger partial charge in [0, 0.05) is 17.6 Å². The summed E-state index contributed by atoms with van der Waals surface area (Å²) in [5.74, 6) is 0.665. The van der Waals surface area contributed by atoms with Crippen molar-refractivity contribution in [2.75, 3.05) is 13.2 Å². The van der Waals surface area contributed by atoms with Gasteiger partial charge in [-0.3, -0.25) is 4.79 Å². The van der Waals surface area contributed by atoms with Crippen molar-refractivity contribution < 1.29 is 9.53 Å². The number of halogens is 1. The van der Waals surface area contributed by atoms with Crippen LogP contribution in [-0.4, -0.2) is 19.1 Å². The second-order valence-electron chi connectivity index (χ2n) is 4.57. The van der Waals surface area contributed by atoms with Crippen molar-refractivity contribution in [2.24, 2.45) is 5.92 Å². The van der Waals surface area contributed by atoms with Gasteiger partial charge in [-0.2, -0.15) is 5.26 Å². The molecule has 0 heterocycles. The predicted molar refractivity (Wildman–Crippen MR) is 74.1 cm³/mol. The zero-order valence-corrected chi connectivity index (χ0v) is 11.8. The van der Waals surface area contributed by atoms with E-state index >= 15 is 0 Å². The van der Waals surface area contributed by atoms with Crippen LogP contribution in [0.1, 0.15) is 25.8 Å². The summed E-state index contributed by atoms with van der Waals surface area (Å²) in [6.45, 7) is 4.69. The molecule has 5 heteroatoms. The van der Waals surface area contributed by atoms with Crippen LogP contribution in [0.5, 0.6) is 5.75 Å². The number of amides is 1. The molecule has 0 aliphatic carbocycles. The fourth-order valence-electron chi connectivity index (χ4n) is 1.40. The van der Waals surface area contributed by atoms with Crippen LogP contribution in [0.3, 0.4) is 0 Å². The summed E-state index contributed by atoms with van der Waals surface area (Å²) in [5.41, 5.74) is 0.361. The van der Waals surface area contributed by atoms with Crippen LogP contribution in [-0.2, 0) is 4.79 Å². The third kappa shape index (κ3) is 5.62. The summed E-state index contributed by atoms with van der Waals surface area (Å²) in [4.78, 5) is 11.5. The second kappa shape index (κ2) is 7.65. The minimum Gasteiger partial charge on any atom is -0.482 e. The number of nitriles is 1. The molecule has 1 N–H and O–H groups in total. The molecule has 0 radical (unpaired) electrons. The summed E-state index contributed by atoms with van der Waals surface area (Å²) in [5, 5.41) is 12.1. The summed E-state index contributed by atoms with van der Waals surface area (Å²) in [6.07, 6.45) is 0.923. The zero-order chi connectivity index (χ0) is 14.3. The third-order valence-electron chi connectivity index (χ3n) is 2.47. The number of nitrogens with zero attached hydrogens (tertiary/aromatic N) is 1. The van der Waals surface area contributed by atoms with Gasteiger partial charge in [-0.1, -0.05) is 25.4 Å². The summed E-state index contributed by atoms with van der Waals surface area (Å²) < 4.78 is 5.31. The van der Waals surface area contributed by atoms with Crippen molar-refractivity contribution in [3.63, 3.8) is 0 Å². The fraction of sp³-hybridized carbons (Fsp3) is 0.429. The van der Waals surface area contributed by atoms with Gasteiger partial charge < -0.3 is 10.1 Å². The molecular formula is C14H17ClN2O2. The molecule has 0 unspecified atom stereocenters. The first-order valence-electron chi connectivity index (χ1n) is 6.12. The Hall–Kier alpha value is -1.73. The van der Waals surface area contributed by atoms with Crippen molar-refractivity contribution in [3.8, 4) is 11.8 Å². The summed E-state index contributed by atoms with van der Waals surface area (Å²) in [6, 6.07) is 6.69. The Kier molecular flexibility index (Phi) is 6.17. The van der Waals surface area contributed by atoms with Crippen molar-refractivity contribution in [3.05, 3.63) is 28.8 Å². The molecular weight excluding hydrogens is 264 g/mol. The van der Waals surface area contributed by atoms with Gasteiger partial charge in [0.1, 0.15) is 11.8 Å². The monoisotopic (exact) mass is 280 g/mol. The van der Waals surface area contributed by atoms with Gasteiger partial charge in [-0.15, -0.1) is 0 Å². The van der Waals surface area contributed by atoms with Gasteiger partial charge in [-0.05, 0) is 24.5 Å². The molecule has 0 bridgehead atoms. The van der Waals surface area contributed by atoms with E-state index in [4.69, 9.17) is 21.6 Å². The highest BCUT2D eigenvalue weighted by Crippen LogP contribution is 2.22. The van der Waals surface area contributed by atoms with Gasteiger partial charge >= 0.3 is 0 Å². The van der Waals surface area contributed by atoms with Crippen molar-refractivity contribution in [1.82, 2.24) is 5.32 Å². The normalized spacial score (nSPS) is 10.1. The number of hydrogen-bond donors (Lipinski definition) is 1. The number of carbonyl (C=O) groups is 1. The maximum atomic E-state index is 11.5. The Labute approximate surface area is 118 Å². The number of nitrogens with one attached hydrogen (secondary N) is 1. The van der Waals surface area contributed by atoms with Crippen LogP contribution >= 0.6 is 11.6 Å². The topological polar surface area (TPSA) is 62.1 Å². The number of carbonyl (C=O) groups excluding carboxylic acids is 1. The average molecular weight is 281 g/mol. The fourth-order valence-corrected chi connectivity index (χ4v) is 1.56. The average Bonchev–Trinajstić information content (AvgIpc) is 2.36. The van der Waals surface area contributed by atoms with Crippen LogP contribution in [0.2, 0.25) is 5.02 Å². The van der Waals surface area contributed by atoms with Crippen LogP contribution in [0, 0.1) is 17.2 Å². The number of ether oxygens (including phenoxy) is 1. The van der Waals surface area contributed by atoms with E-state index in [1.807, 2.05) is 6.07 Å². The minimum atomic E-state index is -0.204. The zero-order valence-electron chi connectivity index (χ0n) is 11.1. The molecule has 0 fully saturated rings. The van der Waals surface area contributed by atoms with E-state index in [0.29, 0.717) is 28.8 Å². The molecule has 0 aliphatic heterocycles. The predicted octanol–water partition coefficient (Wildman–Crippen LogP) is 2.75. The maximum Gasteiger partial charge on any atom is 0.257 e. The molecule has 1 rings (SSSR count). The molecule has 102 valence electrons. The SMILES string of the molecule is CC(C)CCNC(=O)COc1cc(Cl)ccc1C#N. The van der Waals surface area contributed by atoms with Gasteiger partial charge in [-0.25, -0.2) is 0 Å². The molecule has 1 amide bonds. The highest BCUT2D eigenvalue weighted by atomic mass is 35.5. The van der Waals surface area contributed by atoms with Gasteiger partial charge in [0.25, 0.3) is 5.91 Å². The molecule has 0 saturated heterocycles. The minimum absolute atomic E-state index is 0.118. The molecule has 19 heavy (non-hydrogen) atoms. The van der Waals surface area contributed by atoms with Gasteiger partial charge in [0.15, 0.2) is 6.61 Å². The highest BCUT2D eigenvalue weighted by Gasteiger charge is 2.07. The van der Waals surface area contributed by atoms with Gasteiger partial charge in [0.2, 0.25) is 0 Å². The largest absolute Gasteiger partial charge is 0.482 e. The number of rotatable bonds is 6. The highest BCUT2D eigenvalue weighted by molar-refractivity contribution is 6.30. The maximum absolute atomic E-state index is 11.5. The van der Waals surface area contributed by atoms with Crippen LogP contribution in [0.4, 0.5) is 0 Å². The smallest absolute Gasteiger partial charge is 0.257 e. The molecule has 0 saturated carbocycles. The molecule has 1 aromatic rings.